The predicted molar refractivity (Wildman–Crippen MR) is 85.0 cm³/mol. The molecule has 0 aliphatic heterocycles. The molecule has 2 saturated carbocycles. The topological polar surface area (TPSA) is 39.2 Å². The lowest BCUT2D eigenvalue weighted by Crippen LogP contribution is -2.38. The molecule has 0 radical (unpaired) electrons. The molecule has 0 aromatic carbocycles. The molecule has 3 nitrogen and oxygen atoms in total. The fourth-order valence-electron chi connectivity index (χ4n) is 4.10. The van der Waals surface area contributed by atoms with Gasteiger partial charge in [-0.1, -0.05) is 20.8 Å². The molecule has 2 bridgehead atoms. The van der Waals surface area contributed by atoms with Gasteiger partial charge in [-0.15, -0.1) is 11.3 Å². The molecule has 2 aliphatic rings. The first kappa shape index (κ1) is 14.8. The first-order chi connectivity index (χ1) is 9.83. The summed E-state index contributed by atoms with van der Waals surface area (Å²) in [6.07, 6.45) is 6.76. The molecule has 1 aromatic rings. The molecule has 21 heavy (non-hydrogen) atoms. The Balaban J connectivity index is 1.65. The number of aryl methyl sites for hydroxylation is 1. The van der Waals surface area contributed by atoms with E-state index in [0.717, 1.165) is 23.5 Å². The van der Waals surface area contributed by atoms with Crippen molar-refractivity contribution in [3.05, 3.63) is 22.2 Å². The van der Waals surface area contributed by atoms with Crippen LogP contribution in [0.5, 0.6) is 0 Å². The molecule has 2 aliphatic carbocycles. The maximum atomic E-state index is 12.1. The van der Waals surface area contributed by atoms with E-state index in [1.54, 1.807) is 17.4 Å². The van der Waals surface area contributed by atoms with Crippen LogP contribution in [0.2, 0.25) is 0 Å². The number of fused-ring (bicyclic) bond motifs is 2. The van der Waals surface area contributed by atoms with Crippen molar-refractivity contribution in [1.29, 1.82) is 0 Å². The number of hydrogen-bond donors (Lipinski definition) is 0. The van der Waals surface area contributed by atoms with Crippen molar-refractivity contribution >= 4 is 23.4 Å². The lowest BCUT2D eigenvalue weighted by molar-refractivity contribution is -0.150. The van der Waals surface area contributed by atoms with E-state index in [0.29, 0.717) is 5.92 Å². The van der Waals surface area contributed by atoms with Crippen LogP contribution in [0.1, 0.15) is 50.7 Å². The first-order valence-corrected chi connectivity index (χ1v) is 8.52. The van der Waals surface area contributed by atoms with Gasteiger partial charge < -0.3 is 4.74 Å². The van der Waals surface area contributed by atoms with E-state index in [2.05, 4.69) is 25.8 Å². The lowest BCUT2D eigenvalue weighted by atomic mass is 9.70. The third kappa shape index (κ3) is 2.33. The molecular weight excluding hydrogens is 282 g/mol. The summed E-state index contributed by atoms with van der Waals surface area (Å²) in [6.45, 7) is 8.89. The summed E-state index contributed by atoms with van der Waals surface area (Å²) in [7, 11) is 0. The molecule has 4 heteroatoms. The number of nitrogens with zero attached hydrogens (tertiary/aromatic N) is 1. The summed E-state index contributed by atoms with van der Waals surface area (Å²) < 4.78 is 5.76. The number of carbonyl (C=O) groups excluding carboxylic acids is 1. The van der Waals surface area contributed by atoms with Gasteiger partial charge in [0.25, 0.3) is 0 Å². The highest BCUT2D eigenvalue weighted by Gasteiger charge is 2.62. The molecule has 3 unspecified atom stereocenters. The van der Waals surface area contributed by atoms with E-state index in [1.165, 1.54) is 12.5 Å². The minimum Gasteiger partial charge on any atom is -0.459 e. The molecule has 0 amide bonds. The highest BCUT2D eigenvalue weighted by Crippen LogP contribution is 2.66. The van der Waals surface area contributed by atoms with Crippen LogP contribution in [0.3, 0.4) is 0 Å². The van der Waals surface area contributed by atoms with Gasteiger partial charge in [0.05, 0.1) is 10.7 Å². The number of rotatable bonds is 3. The number of aromatic nitrogens is 1. The van der Waals surface area contributed by atoms with Gasteiger partial charge in [0, 0.05) is 16.9 Å². The number of thiazole rings is 1. The number of ether oxygens (including phenoxy) is 1. The average molecular weight is 305 g/mol. The van der Waals surface area contributed by atoms with Gasteiger partial charge in [-0.05, 0) is 43.6 Å². The average Bonchev–Trinajstić information content (AvgIpc) is 2.98. The zero-order valence-electron chi connectivity index (χ0n) is 13.2. The van der Waals surface area contributed by atoms with Gasteiger partial charge >= 0.3 is 5.97 Å². The van der Waals surface area contributed by atoms with Crippen LogP contribution in [0.25, 0.3) is 6.08 Å². The summed E-state index contributed by atoms with van der Waals surface area (Å²) >= 11 is 1.58. The van der Waals surface area contributed by atoms with E-state index >= 15 is 0 Å². The quantitative estimate of drug-likeness (QED) is 0.620. The molecule has 1 aromatic heterocycles. The molecule has 2 fully saturated rings. The summed E-state index contributed by atoms with van der Waals surface area (Å²) in [4.78, 5) is 16.4. The Hall–Kier alpha value is -1.16. The van der Waals surface area contributed by atoms with E-state index < -0.39 is 0 Å². The van der Waals surface area contributed by atoms with E-state index in [1.807, 2.05) is 12.3 Å². The largest absolute Gasteiger partial charge is 0.459 e. The van der Waals surface area contributed by atoms with Crippen LogP contribution in [0.15, 0.2) is 11.5 Å². The Kier molecular flexibility index (Phi) is 3.47. The van der Waals surface area contributed by atoms with Gasteiger partial charge in [-0.3, -0.25) is 0 Å². The second-order valence-electron chi connectivity index (χ2n) is 7.16. The Bertz CT molecular complexity index is 589. The van der Waals surface area contributed by atoms with Crippen LogP contribution >= 0.6 is 11.3 Å². The Morgan fingerprint density at radius 3 is 2.76 bits per heavy atom. The number of esters is 1. The Labute approximate surface area is 130 Å². The van der Waals surface area contributed by atoms with Crippen molar-refractivity contribution < 1.29 is 9.53 Å². The maximum absolute atomic E-state index is 12.1. The zero-order valence-corrected chi connectivity index (χ0v) is 14.0. The summed E-state index contributed by atoms with van der Waals surface area (Å²) in [6, 6.07) is 0. The fourth-order valence-corrected chi connectivity index (χ4v) is 4.68. The second kappa shape index (κ2) is 4.94. The third-order valence-electron chi connectivity index (χ3n) is 6.00. The van der Waals surface area contributed by atoms with Crippen molar-refractivity contribution in [3.63, 3.8) is 0 Å². The lowest BCUT2D eigenvalue weighted by Gasteiger charge is -2.38. The van der Waals surface area contributed by atoms with Gasteiger partial charge in [0.1, 0.15) is 6.10 Å². The SMILES string of the molecule is Cc1nc(/C=C/C(=O)OC2CC3CCC2(C)C3(C)C)cs1. The van der Waals surface area contributed by atoms with E-state index in [4.69, 9.17) is 4.74 Å². The van der Waals surface area contributed by atoms with Crippen LogP contribution in [-0.4, -0.2) is 17.1 Å². The number of hydrogen-bond acceptors (Lipinski definition) is 4. The minimum atomic E-state index is -0.241. The van der Waals surface area contributed by atoms with E-state index in [-0.39, 0.29) is 22.9 Å². The molecule has 114 valence electrons. The first-order valence-electron chi connectivity index (χ1n) is 7.64. The van der Waals surface area contributed by atoms with Crippen molar-refractivity contribution in [2.24, 2.45) is 16.7 Å². The minimum absolute atomic E-state index is 0.0561. The Morgan fingerprint density at radius 2 is 2.24 bits per heavy atom. The van der Waals surface area contributed by atoms with Crippen molar-refractivity contribution in [3.8, 4) is 0 Å². The molecule has 3 rings (SSSR count). The van der Waals surface area contributed by atoms with E-state index in [9.17, 15) is 4.79 Å². The second-order valence-corrected chi connectivity index (χ2v) is 8.22. The summed E-state index contributed by atoms with van der Waals surface area (Å²) in [5, 5.41) is 2.95. The molecule has 0 N–H and O–H groups in total. The summed E-state index contributed by atoms with van der Waals surface area (Å²) in [5.74, 6) is 0.445. The maximum Gasteiger partial charge on any atom is 0.331 e. The highest BCUT2D eigenvalue weighted by atomic mass is 32.1. The van der Waals surface area contributed by atoms with Crippen LogP contribution in [-0.2, 0) is 9.53 Å². The molecule has 0 spiro atoms. The van der Waals surface area contributed by atoms with Gasteiger partial charge in [0.15, 0.2) is 0 Å². The fraction of sp³-hybridized carbons (Fsp3) is 0.647. The predicted octanol–water partition coefficient (Wildman–Crippen LogP) is 4.22. The third-order valence-corrected chi connectivity index (χ3v) is 6.79. The zero-order chi connectivity index (χ0) is 15.3. The van der Waals surface area contributed by atoms with Crippen LogP contribution < -0.4 is 0 Å². The molecule has 1 heterocycles. The van der Waals surface area contributed by atoms with Crippen LogP contribution in [0, 0.1) is 23.7 Å². The molecule has 0 saturated heterocycles. The number of carbonyl (C=O) groups is 1. The van der Waals surface area contributed by atoms with Gasteiger partial charge in [0.2, 0.25) is 0 Å². The van der Waals surface area contributed by atoms with Gasteiger partial charge in [-0.25, -0.2) is 9.78 Å². The summed E-state index contributed by atoms with van der Waals surface area (Å²) in [5.41, 5.74) is 1.22. The standard InChI is InChI=1S/C17H23NO2S/c1-11-18-13(10-21-11)5-6-15(19)20-14-9-12-7-8-17(14,4)16(12,2)3/h5-6,10,12,14H,7-9H2,1-4H3/b6-5+. The highest BCUT2D eigenvalue weighted by molar-refractivity contribution is 7.09. The molecular formula is C17H23NO2S. The Morgan fingerprint density at radius 1 is 1.48 bits per heavy atom. The normalized spacial score (nSPS) is 33.7. The van der Waals surface area contributed by atoms with Crippen LogP contribution in [0.4, 0.5) is 0 Å². The smallest absolute Gasteiger partial charge is 0.331 e. The van der Waals surface area contributed by atoms with Crippen molar-refractivity contribution in [2.45, 2.75) is 53.1 Å². The monoisotopic (exact) mass is 305 g/mol. The van der Waals surface area contributed by atoms with Gasteiger partial charge in [-0.2, -0.15) is 0 Å². The van der Waals surface area contributed by atoms with Crippen molar-refractivity contribution in [1.82, 2.24) is 4.98 Å². The molecule has 3 atom stereocenters. The van der Waals surface area contributed by atoms with Crippen molar-refractivity contribution in [2.75, 3.05) is 0 Å².